The summed E-state index contributed by atoms with van der Waals surface area (Å²) in [6, 6.07) is 14.1. The largest absolute Gasteiger partial charge is 0.403 e. The summed E-state index contributed by atoms with van der Waals surface area (Å²) in [4.78, 5) is 14.1. The third-order valence-corrected chi connectivity index (χ3v) is 5.55. The van der Waals surface area contributed by atoms with Crippen molar-refractivity contribution in [2.24, 2.45) is 0 Å². The van der Waals surface area contributed by atoms with Crippen LogP contribution in [-0.4, -0.2) is 27.1 Å². The molecule has 5 nitrogen and oxygen atoms in total. The van der Waals surface area contributed by atoms with Gasteiger partial charge in [-0.25, -0.2) is 4.39 Å². The van der Waals surface area contributed by atoms with Crippen LogP contribution in [0.5, 0.6) is 0 Å². The van der Waals surface area contributed by atoms with E-state index in [1.165, 1.54) is 23.9 Å². The molecule has 0 aliphatic heterocycles. The number of carbonyl (C=O) groups excluding carboxylic acids is 1. The molecule has 0 unspecified atom stereocenters. The van der Waals surface area contributed by atoms with Crippen molar-refractivity contribution < 1.29 is 13.6 Å². The van der Waals surface area contributed by atoms with Crippen molar-refractivity contribution in [3.63, 3.8) is 0 Å². The van der Waals surface area contributed by atoms with E-state index in [0.717, 1.165) is 15.4 Å². The normalized spacial score (nSPS) is 11.0. The zero-order valence-electron chi connectivity index (χ0n) is 15.5. The lowest BCUT2D eigenvalue weighted by atomic mass is 10.2. The second-order valence-electron chi connectivity index (χ2n) is 6.21. The molecule has 146 valence electrons. The molecule has 0 spiro atoms. The predicted molar refractivity (Wildman–Crippen MR) is 111 cm³/mol. The first kappa shape index (κ1) is 20.4. The maximum absolute atomic E-state index is 12.9. The van der Waals surface area contributed by atoms with E-state index < -0.39 is 0 Å². The van der Waals surface area contributed by atoms with Gasteiger partial charge in [0.15, 0.2) is 0 Å². The van der Waals surface area contributed by atoms with Crippen LogP contribution in [-0.2, 0) is 4.79 Å². The van der Waals surface area contributed by atoms with Crippen LogP contribution >= 0.6 is 23.5 Å². The van der Waals surface area contributed by atoms with Gasteiger partial charge in [-0.05, 0) is 42.5 Å². The van der Waals surface area contributed by atoms with E-state index in [2.05, 4.69) is 29.4 Å². The van der Waals surface area contributed by atoms with Gasteiger partial charge in [-0.3, -0.25) is 10.1 Å². The van der Waals surface area contributed by atoms with Crippen molar-refractivity contribution in [3.05, 3.63) is 54.3 Å². The van der Waals surface area contributed by atoms with Crippen LogP contribution < -0.4 is 5.32 Å². The minimum Gasteiger partial charge on any atom is -0.403 e. The minimum absolute atomic E-state index is 0.0775. The number of rotatable bonds is 8. The van der Waals surface area contributed by atoms with Crippen LogP contribution in [0.15, 0.2) is 62.7 Å². The number of aromatic nitrogens is 2. The zero-order chi connectivity index (χ0) is 19.9. The topological polar surface area (TPSA) is 68.0 Å². The van der Waals surface area contributed by atoms with Crippen LogP contribution in [0.25, 0.3) is 11.5 Å². The number of anilines is 1. The Bertz CT molecular complexity index is 929. The van der Waals surface area contributed by atoms with Crippen molar-refractivity contribution in [1.29, 1.82) is 0 Å². The van der Waals surface area contributed by atoms with Crippen molar-refractivity contribution >= 4 is 35.4 Å². The molecule has 0 radical (unpaired) electrons. The van der Waals surface area contributed by atoms with Gasteiger partial charge in [0.25, 0.3) is 0 Å². The van der Waals surface area contributed by atoms with E-state index >= 15 is 0 Å². The highest BCUT2D eigenvalue weighted by Gasteiger charge is 2.12. The molecule has 8 heteroatoms. The fourth-order valence-corrected chi connectivity index (χ4v) is 4.09. The Morgan fingerprint density at radius 3 is 2.68 bits per heavy atom. The molecule has 1 aromatic heterocycles. The van der Waals surface area contributed by atoms with Gasteiger partial charge in [0.05, 0.1) is 0 Å². The highest BCUT2D eigenvalue weighted by molar-refractivity contribution is 8.00. The number of nitrogens with one attached hydrogen (secondary N) is 1. The first-order valence-corrected chi connectivity index (χ1v) is 10.6. The number of amides is 1. The molecule has 0 fully saturated rings. The predicted octanol–water partition coefficient (Wildman–Crippen LogP) is 5.50. The SMILES string of the molecule is CC(C)Sc1cccc(-c2nnc(NC(=O)CCSc3ccc(F)cc3)o2)c1. The molecule has 1 N–H and O–H groups in total. The number of carbonyl (C=O) groups is 1. The summed E-state index contributed by atoms with van der Waals surface area (Å²) in [5, 5.41) is 11.0. The molecule has 28 heavy (non-hydrogen) atoms. The summed E-state index contributed by atoms with van der Waals surface area (Å²) in [6.45, 7) is 4.26. The fraction of sp³-hybridized carbons (Fsp3) is 0.250. The molecule has 1 heterocycles. The molecule has 0 bridgehead atoms. The van der Waals surface area contributed by atoms with Gasteiger partial charge in [0.1, 0.15) is 5.82 Å². The average Bonchev–Trinajstić information content (AvgIpc) is 3.11. The number of halogens is 1. The average molecular weight is 418 g/mol. The third kappa shape index (κ3) is 6.10. The molecule has 0 saturated heterocycles. The molecule has 1 amide bonds. The molecule has 3 rings (SSSR count). The summed E-state index contributed by atoms with van der Waals surface area (Å²) in [6.07, 6.45) is 0.278. The lowest BCUT2D eigenvalue weighted by molar-refractivity contribution is -0.115. The van der Waals surface area contributed by atoms with Crippen molar-refractivity contribution in [1.82, 2.24) is 10.2 Å². The second-order valence-corrected chi connectivity index (χ2v) is 9.03. The van der Waals surface area contributed by atoms with Gasteiger partial charge in [-0.2, -0.15) is 0 Å². The molecule has 0 atom stereocenters. The number of benzene rings is 2. The van der Waals surface area contributed by atoms with E-state index in [9.17, 15) is 9.18 Å². The summed E-state index contributed by atoms with van der Waals surface area (Å²) < 4.78 is 18.5. The minimum atomic E-state index is -0.275. The lowest BCUT2D eigenvalue weighted by Gasteiger charge is -2.05. The molecule has 0 aliphatic carbocycles. The summed E-state index contributed by atoms with van der Waals surface area (Å²) in [7, 11) is 0. The molecule has 2 aromatic carbocycles. The van der Waals surface area contributed by atoms with Gasteiger partial charge in [0, 0.05) is 32.8 Å². The summed E-state index contributed by atoms with van der Waals surface area (Å²) in [5.41, 5.74) is 0.811. The highest BCUT2D eigenvalue weighted by atomic mass is 32.2. The molecular formula is C20H20FN3O2S2. The fourth-order valence-electron chi connectivity index (χ4n) is 2.34. The molecule has 0 aliphatic rings. The Balaban J connectivity index is 1.52. The van der Waals surface area contributed by atoms with Gasteiger partial charge >= 0.3 is 6.01 Å². The Kier molecular flexibility index (Phi) is 7.11. The van der Waals surface area contributed by atoms with Crippen molar-refractivity contribution in [2.45, 2.75) is 35.3 Å². The van der Waals surface area contributed by atoms with Gasteiger partial charge in [0.2, 0.25) is 11.8 Å². The zero-order valence-corrected chi connectivity index (χ0v) is 17.1. The molecule has 3 aromatic rings. The first-order valence-electron chi connectivity index (χ1n) is 8.78. The standard InChI is InChI=1S/C20H20FN3O2S2/c1-13(2)28-17-5-3-4-14(12-17)19-23-24-20(26-19)22-18(25)10-11-27-16-8-6-15(21)7-9-16/h3-9,12-13H,10-11H2,1-2H3,(H,22,24,25). The van der Waals surface area contributed by atoms with Gasteiger partial charge < -0.3 is 4.42 Å². The number of thioether (sulfide) groups is 2. The Morgan fingerprint density at radius 2 is 1.93 bits per heavy atom. The monoisotopic (exact) mass is 417 g/mol. The van der Waals surface area contributed by atoms with Crippen LogP contribution in [0.4, 0.5) is 10.4 Å². The van der Waals surface area contributed by atoms with E-state index in [-0.39, 0.29) is 24.2 Å². The number of hydrogen-bond donors (Lipinski definition) is 1. The van der Waals surface area contributed by atoms with E-state index in [1.807, 2.05) is 24.3 Å². The van der Waals surface area contributed by atoms with Crippen LogP contribution in [0, 0.1) is 5.82 Å². The van der Waals surface area contributed by atoms with Crippen LogP contribution in [0.2, 0.25) is 0 Å². The van der Waals surface area contributed by atoms with Crippen molar-refractivity contribution in [3.8, 4) is 11.5 Å². The Labute approximate surface area is 171 Å². The lowest BCUT2D eigenvalue weighted by Crippen LogP contribution is -2.12. The van der Waals surface area contributed by atoms with E-state index in [1.54, 1.807) is 23.9 Å². The maximum atomic E-state index is 12.9. The Hall–Kier alpha value is -2.32. The third-order valence-electron chi connectivity index (χ3n) is 3.54. The van der Waals surface area contributed by atoms with E-state index in [4.69, 9.17) is 4.42 Å². The maximum Gasteiger partial charge on any atom is 0.322 e. The van der Waals surface area contributed by atoms with Crippen LogP contribution in [0.1, 0.15) is 20.3 Å². The van der Waals surface area contributed by atoms with Gasteiger partial charge in [-0.15, -0.1) is 28.6 Å². The van der Waals surface area contributed by atoms with E-state index in [0.29, 0.717) is 16.9 Å². The van der Waals surface area contributed by atoms with Gasteiger partial charge in [-0.1, -0.05) is 25.0 Å². The highest BCUT2D eigenvalue weighted by Crippen LogP contribution is 2.28. The Morgan fingerprint density at radius 1 is 1.14 bits per heavy atom. The van der Waals surface area contributed by atoms with Crippen molar-refractivity contribution in [2.75, 3.05) is 11.1 Å². The summed E-state index contributed by atoms with van der Waals surface area (Å²) >= 11 is 3.23. The van der Waals surface area contributed by atoms with Crippen LogP contribution in [0.3, 0.4) is 0 Å². The number of nitrogens with zero attached hydrogens (tertiary/aromatic N) is 2. The first-order chi connectivity index (χ1) is 13.5. The number of hydrogen-bond acceptors (Lipinski definition) is 6. The quantitative estimate of drug-likeness (QED) is 0.488. The second kappa shape index (κ2) is 9.75. The molecular weight excluding hydrogens is 397 g/mol. The molecule has 0 saturated carbocycles. The smallest absolute Gasteiger partial charge is 0.322 e. The summed E-state index contributed by atoms with van der Waals surface area (Å²) in [5.74, 6) is 0.436.